The zero-order valence-electron chi connectivity index (χ0n) is 9.09. The molecule has 0 radical (unpaired) electrons. The van der Waals surface area contributed by atoms with Gasteiger partial charge in [0.1, 0.15) is 0 Å². The Morgan fingerprint density at radius 2 is 2.06 bits per heavy atom. The van der Waals surface area contributed by atoms with E-state index in [9.17, 15) is 9.59 Å². The van der Waals surface area contributed by atoms with Crippen LogP contribution in [0.4, 0.5) is 5.95 Å². The quantitative estimate of drug-likeness (QED) is 0.628. The van der Waals surface area contributed by atoms with Gasteiger partial charge in [0, 0.05) is 13.1 Å². The number of nitrogens with one attached hydrogen (secondary N) is 1. The summed E-state index contributed by atoms with van der Waals surface area (Å²) in [6.07, 6.45) is 0.926. The molecule has 1 aliphatic heterocycles. The smallest absolute Gasteiger partial charge is 0.306 e. The van der Waals surface area contributed by atoms with Crippen LogP contribution in [-0.2, 0) is 4.79 Å². The molecule has 0 aliphatic carbocycles. The lowest BCUT2D eigenvalue weighted by Gasteiger charge is -2.29. The Balaban J connectivity index is 1.97. The molecule has 1 fully saturated rings. The minimum atomic E-state index is -0.805. The molecule has 0 aromatic carbocycles. The van der Waals surface area contributed by atoms with Crippen LogP contribution >= 0.6 is 0 Å². The summed E-state index contributed by atoms with van der Waals surface area (Å²) in [5.41, 5.74) is 5.31. The molecule has 1 aliphatic rings. The highest BCUT2D eigenvalue weighted by Crippen LogP contribution is 2.18. The van der Waals surface area contributed by atoms with Crippen molar-refractivity contribution in [3.8, 4) is 0 Å². The van der Waals surface area contributed by atoms with Crippen molar-refractivity contribution >= 4 is 17.8 Å². The fourth-order valence-corrected chi connectivity index (χ4v) is 1.85. The third-order valence-electron chi connectivity index (χ3n) is 2.84. The van der Waals surface area contributed by atoms with Gasteiger partial charge in [-0.3, -0.25) is 14.7 Å². The van der Waals surface area contributed by atoms with Crippen LogP contribution < -0.4 is 5.73 Å². The van der Waals surface area contributed by atoms with Gasteiger partial charge in [0.05, 0.1) is 5.92 Å². The van der Waals surface area contributed by atoms with Gasteiger partial charge < -0.3 is 15.7 Å². The van der Waals surface area contributed by atoms with Crippen molar-refractivity contribution in [1.29, 1.82) is 0 Å². The fourth-order valence-electron chi connectivity index (χ4n) is 1.85. The molecule has 0 spiro atoms. The first-order chi connectivity index (χ1) is 8.08. The van der Waals surface area contributed by atoms with Crippen LogP contribution in [0.5, 0.6) is 0 Å². The van der Waals surface area contributed by atoms with Crippen molar-refractivity contribution in [3.63, 3.8) is 0 Å². The van der Waals surface area contributed by atoms with Crippen LogP contribution in [0.25, 0.3) is 0 Å². The van der Waals surface area contributed by atoms with Crippen LogP contribution in [0.2, 0.25) is 0 Å². The zero-order valence-corrected chi connectivity index (χ0v) is 9.09. The Bertz CT molecular complexity index is 436. The minimum absolute atomic E-state index is 0.0220. The number of aliphatic carboxylic acids is 1. The zero-order chi connectivity index (χ0) is 12.4. The van der Waals surface area contributed by atoms with Gasteiger partial charge in [0.25, 0.3) is 5.91 Å². The van der Waals surface area contributed by atoms with Gasteiger partial charge in [0.2, 0.25) is 11.8 Å². The molecule has 8 nitrogen and oxygen atoms in total. The number of nitrogens with two attached hydrogens (primary N) is 1. The molecule has 0 bridgehead atoms. The average molecular weight is 239 g/mol. The van der Waals surface area contributed by atoms with Crippen molar-refractivity contribution in [2.75, 3.05) is 18.8 Å². The topological polar surface area (TPSA) is 125 Å². The molecular formula is C9H13N5O3. The second-order valence-electron chi connectivity index (χ2n) is 3.95. The number of rotatable bonds is 2. The van der Waals surface area contributed by atoms with Crippen LogP contribution in [0.3, 0.4) is 0 Å². The van der Waals surface area contributed by atoms with Crippen LogP contribution in [0.1, 0.15) is 23.5 Å². The van der Waals surface area contributed by atoms with Crippen molar-refractivity contribution < 1.29 is 14.7 Å². The predicted octanol–water partition coefficient (Wildman–Crippen LogP) is -0.676. The van der Waals surface area contributed by atoms with Gasteiger partial charge in [-0.2, -0.15) is 4.98 Å². The summed E-state index contributed by atoms with van der Waals surface area (Å²) >= 11 is 0. The highest BCUT2D eigenvalue weighted by Gasteiger charge is 2.28. The molecule has 2 heterocycles. The number of nitrogen functional groups attached to an aromatic ring is 1. The summed E-state index contributed by atoms with van der Waals surface area (Å²) in [7, 11) is 0. The van der Waals surface area contributed by atoms with E-state index in [1.54, 1.807) is 4.90 Å². The minimum Gasteiger partial charge on any atom is -0.481 e. The third kappa shape index (κ3) is 2.35. The van der Waals surface area contributed by atoms with Gasteiger partial charge in [0.15, 0.2) is 0 Å². The largest absolute Gasteiger partial charge is 0.481 e. The molecule has 0 unspecified atom stereocenters. The normalized spacial score (nSPS) is 17.1. The highest BCUT2D eigenvalue weighted by molar-refractivity contribution is 5.90. The fraction of sp³-hybridized carbons (Fsp3) is 0.556. The molecule has 0 atom stereocenters. The number of carboxylic acid groups (broad SMARTS) is 1. The molecular weight excluding hydrogens is 226 g/mol. The molecule has 92 valence electrons. The number of likely N-dealkylation sites (tertiary alicyclic amines) is 1. The van der Waals surface area contributed by atoms with E-state index in [-0.39, 0.29) is 23.6 Å². The number of H-pyrrole nitrogens is 1. The lowest BCUT2D eigenvalue weighted by Crippen LogP contribution is -2.40. The number of carbonyl (C=O) groups is 2. The van der Waals surface area contributed by atoms with E-state index in [0.717, 1.165) is 0 Å². The average Bonchev–Trinajstić information content (AvgIpc) is 2.75. The third-order valence-corrected chi connectivity index (χ3v) is 2.84. The second-order valence-corrected chi connectivity index (χ2v) is 3.95. The van der Waals surface area contributed by atoms with Gasteiger partial charge >= 0.3 is 5.97 Å². The monoisotopic (exact) mass is 239 g/mol. The van der Waals surface area contributed by atoms with E-state index in [4.69, 9.17) is 10.8 Å². The van der Waals surface area contributed by atoms with Crippen molar-refractivity contribution in [2.45, 2.75) is 12.8 Å². The number of anilines is 1. The number of aromatic amines is 1. The van der Waals surface area contributed by atoms with Crippen LogP contribution in [0.15, 0.2) is 0 Å². The number of carbonyl (C=O) groups excluding carboxylic acids is 1. The van der Waals surface area contributed by atoms with Gasteiger partial charge in [-0.05, 0) is 12.8 Å². The number of nitrogens with zero attached hydrogens (tertiary/aromatic N) is 3. The first-order valence-electron chi connectivity index (χ1n) is 5.28. The highest BCUT2D eigenvalue weighted by atomic mass is 16.4. The summed E-state index contributed by atoms with van der Waals surface area (Å²) in [5.74, 6) is -1.34. The molecule has 8 heteroatoms. The molecule has 2 rings (SSSR count). The molecule has 17 heavy (non-hydrogen) atoms. The molecule has 1 aromatic rings. The second kappa shape index (κ2) is 4.40. The molecule has 1 aromatic heterocycles. The Kier molecular flexibility index (Phi) is 2.94. The van der Waals surface area contributed by atoms with E-state index >= 15 is 0 Å². The summed E-state index contributed by atoms with van der Waals surface area (Å²) in [6, 6.07) is 0. The van der Waals surface area contributed by atoms with E-state index in [1.807, 2.05) is 0 Å². The van der Waals surface area contributed by atoms with Crippen molar-refractivity contribution in [1.82, 2.24) is 20.1 Å². The maximum atomic E-state index is 11.9. The van der Waals surface area contributed by atoms with E-state index in [1.165, 1.54) is 0 Å². The Morgan fingerprint density at radius 3 is 2.53 bits per heavy atom. The number of hydrogen-bond acceptors (Lipinski definition) is 5. The Morgan fingerprint density at radius 1 is 1.41 bits per heavy atom. The molecule has 0 saturated carbocycles. The Hall–Kier alpha value is -2.12. The molecule has 1 amide bonds. The van der Waals surface area contributed by atoms with E-state index < -0.39 is 5.97 Å². The summed E-state index contributed by atoms with van der Waals surface area (Å²) in [5, 5.41) is 14.9. The number of hydrogen-bond donors (Lipinski definition) is 3. The molecule has 4 N–H and O–H groups in total. The van der Waals surface area contributed by atoms with Crippen molar-refractivity contribution in [3.05, 3.63) is 5.82 Å². The predicted molar refractivity (Wildman–Crippen MR) is 57.1 cm³/mol. The maximum Gasteiger partial charge on any atom is 0.306 e. The lowest BCUT2D eigenvalue weighted by atomic mass is 9.97. The number of piperidine rings is 1. The van der Waals surface area contributed by atoms with Crippen LogP contribution in [0, 0.1) is 5.92 Å². The maximum absolute atomic E-state index is 11.9. The number of carboxylic acids is 1. The number of aromatic nitrogens is 3. The van der Waals surface area contributed by atoms with Gasteiger partial charge in [-0.1, -0.05) is 0 Å². The summed E-state index contributed by atoms with van der Waals surface area (Å²) < 4.78 is 0. The molecule has 1 saturated heterocycles. The first kappa shape index (κ1) is 11.4. The standard InChI is InChI=1S/C9H13N5O3/c10-9-11-6(12-13-9)7(15)14-3-1-5(2-4-14)8(16)17/h5H,1-4H2,(H,16,17)(H3,10,11,12,13). The summed E-state index contributed by atoms with van der Waals surface area (Å²) in [6.45, 7) is 0.826. The Labute approximate surface area is 96.8 Å². The number of amides is 1. The van der Waals surface area contributed by atoms with E-state index in [0.29, 0.717) is 25.9 Å². The van der Waals surface area contributed by atoms with Crippen LogP contribution in [-0.4, -0.2) is 50.2 Å². The van der Waals surface area contributed by atoms with E-state index in [2.05, 4.69) is 15.2 Å². The van der Waals surface area contributed by atoms with Gasteiger partial charge in [-0.25, -0.2) is 0 Å². The SMILES string of the molecule is Nc1n[nH]c(C(=O)N2CCC(C(=O)O)CC2)n1. The first-order valence-corrected chi connectivity index (χ1v) is 5.28. The summed E-state index contributed by atoms with van der Waals surface area (Å²) in [4.78, 5) is 27.9. The van der Waals surface area contributed by atoms with Gasteiger partial charge in [-0.15, -0.1) is 5.10 Å². The van der Waals surface area contributed by atoms with Crippen molar-refractivity contribution in [2.24, 2.45) is 5.92 Å². The lowest BCUT2D eigenvalue weighted by molar-refractivity contribution is -0.143.